The number of thioether (sulfide) groups is 1. The molecule has 0 N–H and O–H groups in total. The molecule has 0 bridgehead atoms. The second kappa shape index (κ2) is 7.40. The summed E-state index contributed by atoms with van der Waals surface area (Å²) in [7, 11) is 0. The molecule has 2 aromatic heterocycles. The van der Waals surface area contributed by atoms with E-state index in [4.69, 9.17) is 0 Å². The summed E-state index contributed by atoms with van der Waals surface area (Å²) in [4.78, 5) is 1.19. The van der Waals surface area contributed by atoms with Crippen molar-refractivity contribution < 1.29 is 0 Å². The molecule has 0 aliphatic rings. The smallest absolute Gasteiger partial charge is 0.210 e. The largest absolute Gasteiger partial charge is 0.215 e. The molecule has 0 radical (unpaired) electrons. The van der Waals surface area contributed by atoms with Gasteiger partial charge in [-0.05, 0) is 40.8 Å². The van der Waals surface area contributed by atoms with E-state index >= 15 is 0 Å². The predicted molar refractivity (Wildman–Crippen MR) is 91.4 cm³/mol. The molecule has 0 amide bonds. The van der Waals surface area contributed by atoms with Crippen LogP contribution in [0, 0.1) is 18.3 Å². The summed E-state index contributed by atoms with van der Waals surface area (Å²) < 4.78 is 1.75. The number of rotatable bonds is 6. The highest BCUT2D eigenvalue weighted by atomic mass is 32.2. The van der Waals surface area contributed by atoms with E-state index in [-0.39, 0.29) is 5.25 Å². The Morgan fingerprint density at radius 1 is 1.30 bits per heavy atom. The summed E-state index contributed by atoms with van der Waals surface area (Å²) in [6.45, 7) is 2.69. The Bertz CT molecular complexity index is 787. The number of nitriles is 1. The molecule has 0 saturated carbocycles. The second-order valence-electron chi connectivity index (χ2n) is 5.12. The molecule has 5 nitrogen and oxygen atoms in total. The molecule has 116 valence electrons. The first-order chi connectivity index (χ1) is 11.2. The summed E-state index contributed by atoms with van der Waals surface area (Å²) in [5.74, 6) is 0. The van der Waals surface area contributed by atoms with Crippen LogP contribution in [0.15, 0.2) is 46.9 Å². The van der Waals surface area contributed by atoms with Gasteiger partial charge in [0.1, 0.15) is 5.25 Å². The third kappa shape index (κ3) is 4.18. The minimum atomic E-state index is -0.217. The molecule has 3 aromatic rings. The first kappa shape index (κ1) is 15.7. The molecule has 0 aliphatic heterocycles. The normalized spacial score (nSPS) is 12.0. The predicted octanol–water partition coefficient (Wildman–Crippen LogP) is 3.32. The van der Waals surface area contributed by atoms with Gasteiger partial charge in [0.2, 0.25) is 5.16 Å². The summed E-state index contributed by atoms with van der Waals surface area (Å²) in [5, 5.41) is 23.8. The number of aryl methyl sites for hydroxylation is 1. The molecule has 7 heteroatoms. The molecule has 3 rings (SSSR count). The number of hydrogen-bond acceptors (Lipinski definition) is 6. The monoisotopic (exact) mass is 341 g/mol. The van der Waals surface area contributed by atoms with Gasteiger partial charge in [0, 0.05) is 4.88 Å². The van der Waals surface area contributed by atoms with Gasteiger partial charge in [0.25, 0.3) is 0 Å². The average molecular weight is 341 g/mol. The first-order valence-corrected chi connectivity index (χ1v) is 8.91. The third-order valence-electron chi connectivity index (χ3n) is 3.32. The van der Waals surface area contributed by atoms with Crippen LogP contribution >= 0.6 is 23.1 Å². The van der Waals surface area contributed by atoms with Crippen molar-refractivity contribution in [3.63, 3.8) is 0 Å². The molecule has 0 saturated heterocycles. The number of tetrazole rings is 1. The van der Waals surface area contributed by atoms with Crippen molar-refractivity contribution in [1.82, 2.24) is 20.2 Å². The topological polar surface area (TPSA) is 67.4 Å². The fourth-order valence-corrected chi connectivity index (χ4v) is 3.68. The Labute approximate surface area is 143 Å². The number of thiophene rings is 1. The molecule has 2 heterocycles. The Hall–Kier alpha value is -2.17. The summed E-state index contributed by atoms with van der Waals surface area (Å²) in [5.41, 5.74) is 2.36. The van der Waals surface area contributed by atoms with E-state index in [1.165, 1.54) is 22.2 Å². The van der Waals surface area contributed by atoms with E-state index in [0.717, 1.165) is 5.56 Å². The zero-order valence-corrected chi connectivity index (χ0v) is 14.2. The van der Waals surface area contributed by atoms with Gasteiger partial charge in [-0.2, -0.15) is 5.26 Å². The van der Waals surface area contributed by atoms with Gasteiger partial charge < -0.3 is 0 Å². The highest BCUT2D eigenvalue weighted by molar-refractivity contribution is 8.00. The van der Waals surface area contributed by atoms with Gasteiger partial charge in [0.05, 0.1) is 12.6 Å². The third-order valence-corrected chi connectivity index (χ3v) is 5.24. The lowest BCUT2D eigenvalue weighted by molar-refractivity contribution is 0.608. The molecule has 0 fully saturated rings. The molecule has 23 heavy (non-hydrogen) atoms. The molecule has 1 aromatic carbocycles. The van der Waals surface area contributed by atoms with Crippen LogP contribution in [0.5, 0.6) is 0 Å². The fraction of sp³-hybridized carbons (Fsp3) is 0.250. The lowest BCUT2D eigenvalue weighted by Gasteiger charge is -2.09. The quantitative estimate of drug-likeness (QED) is 0.643. The van der Waals surface area contributed by atoms with Gasteiger partial charge in [-0.25, -0.2) is 4.68 Å². The lowest BCUT2D eigenvalue weighted by Crippen LogP contribution is -2.08. The molecular weight excluding hydrogens is 326 g/mol. The van der Waals surface area contributed by atoms with Crippen LogP contribution in [0.3, 0.4) is 0 Å². The highest BCUT2D eigenvalue weighted by Gasteiger charge is 2.16. The van der Waals surface area contributed by atoms with Gasteiger partial charge in [-0.15, -0.1) is 16.4 Å². The Morgan fingerprint density at radius 3 is 2.83 bits per heavy atom. The standard InChI is InChI=1S/C16H15N5S2/c1-12-4-6-13(7-5-12)9-15(10-17)23-16-18-19-20-21(16)11-14-3-2-8-22-14/h2-8,15H,9,11H2,1H3. The van der Waals surface area contributed by atoms with Crippen molar-refractivity contribution in [1.29, 1.82) is 5.26 Å². The van der Waals surface area contributed by atoms with Crippen LogP contribution in [-0.4, -0.2) is 25.5 Å². The van der Waals surface area contributed by atoms with Crippen LogP contribution in [0.2, 0.25) is 0 Å². The van der Waals surface area contributed by atoms with Gasteiger partial charge in [-0.3, -0.25) is 0 Å². The van der Waals surface area contributed by atoms with Crippen molar-refractivity contribution in [3.8, 4) is 6.07 Å². The first-order valence-electron chi connectivity index (χ1n) is 7.15. The van der Waals surface area contributed by atoms with Gasteiger partial charge >= 0.3 is 0 Å². The van der Waals surface area contributed by atoms with E-state index in [9.17, 15) is 5.26 Å². The molecule has 0 aliphatic carbocycles. The van der Waals surface area contributed by atoms with Crippen LogP contribution in [-0.2, 0) is 13.0 Å². The number of nitrogens with zero attached hydrogens (tertiary/aromatic N) is 5. The second-order valence-corrected chi connectivity index (χ2v) is 7.33. The highest BCUT2D eigenvalue weighted by Crippen LogP contribution is 2.24. The van der Waals surface area contributed by atoms with E-state index in [1.807, 2.05) is 11.4 Å². The zero-order chi connectivity index (χ0) is 16.1. The van der Waals surface area contributed by atoms with Crippen molar-refractivity contribution >= 4 is 23.1 Å². The van der Waals surface area contributed by atoms with E-state index < -0.39 is 0 Å². The molecular formula is C16H15N5S2. The SMILES string of the molecule is Cc1ccc(CC(C#N)Sc2nnnn2Cc2cccs2)cc1. The van der Waals surface area contributed by atoms with E-state index in [1.54, 1.807) is 16.0 Å². The Morgan fingerprint density at radius 2 is 2.13 bits per heavy atom. The maximum absolute atomic E-state index is 9.44. The van der Waals surface area contributed by atoms with E-state index in [2.05, 4.69) is 58.9 Å². The van der Waals surface area contributed by atoms with Crippen molar-refractivity contribution in [2.24, 2.45) is 0 Å². The van der Waals surface area contributed by atoms with Gasteiger partial charge in [0.15, 0.2) is 0 Å². The Kier molecular flexibility index (Phi) is 5.05. The van der Waals surface area contributed by atoms with Crippen LogP contribution in [0.25, 0.3) is 0 Å². The summed E-state index contributed by atoms with van der Waals surface area (Å²) in [6.07, 6.45) is 0.674. The zero-order valence-electron chi connectivity index (χ0n) is 12.6. The van der Waals surface area contributed by atoms with E-state index in [0.29, 0.717) is 18.1 Å². The van der Waals surface area contributed by atoms with Crippen LogP contribution in [0.4, 0.5) is 0 Å². The minimum absolute atomic E-state index is 0.217. The number of benzene rings is 1. The lowest BCUT2D eigenvalue weighted by atomic mass is 10.1. The number of aromatic nitrogens is 4. The number of hydrogen-bond donors (Lipinski definition) is 0. The summed E-state index contributed by atoms with van der Waals surface area (Å²) in [6, 6.07) is 14.7. The molecule has 1 unspecified atom stereocenters. The fourth-order valence-electron chi connectivity index (χ4n) is 2.11. The minimum Gasteiger partial charge on any atom is -0.215 e. The van der Waals surface area contributed by atoms with Crippen molar-refractivity contribution in [3.05, 3.63) is 57.8 Å². The van der Waals surface area contributed by atoms with Crippen LogP contribution in [0.1, 0.15) is 16.0 Å². The van der Waals surface area contributed by atoms with Crippen LogP contribution < -0.4 is 0 Å². The van der Waals surface area contributed by atoms with Crippen molar-refractivity contribution in [2.75, 3.05) is 0 Å². The summed E-state index contributed by atoms with van der Waals surface area (Å²) >= 11 is 3.08. The Balaban J connectivity index is 1.69. The molecule has 1 atom stereocenters. The molecule has 0 spiro atoms. The maximum atomic E-state index is 9.44. The average Bonchev–Trinajstić information content (AvgIpc) is 3.22. The van der Waals surface area contributed by atoms with Gasteiger partial charge in [-0.1, -0.05) is 47.7 Å². The maximum Gasteiger partial charge on any atom is 0.210 e. The van der Waals surface area contributed by atoms with Crippen molar-refractivity contribution in [2.45, 2.75) is 30.3 Å².